The van der Waals surface area contributed by atoms with Gasteiger partial charge in [-0.2, -0.15) is 0 Å². The quantitative estimate of drug-likeness (QED) is 0.343. The van der Waals surface area contributed by atoms with Crippen LogP contribution >= 0.6 is 0 Å². The summed E-state index contributed by atoms with van der Waals surface area (Å²) in [5.74, 6) is 0.893. The molecule has 18 heavy (non-hydrogen) atoms. The van der Waals surface area contributed by atoms with E-state index in [1.807, 2.05) is 26.0 Å². The third kappa shape index (κ3) is 7.91. The van der Waals surface area contributed by atoms with E-state index < -0.39 is 0 Å². The molecule has 0 aromatic rings. The SMILES string of the molecule is C=C/C=C(\C=C(/C)OCCOCCC)C(/C)=C/C. The molecule has 0 aromatic heterocycles. The molecule has 0 atom stereocenters. The largest absolute Gasteiger partial charge is 0.496 e. The van der Waals surface area contributed by atoms with Crippen molar-refractivity contribution in [2.45, 2.75) is 34.1 Å². The Morgan fingerprint density at radius 1 is 1.17 bits per heavy atom. The molecular weight excluding hydrogens is 224 g/mol. The summed E-state index contributed by atoms with van der Waals surface area (Å²) in [6.45, 7) is 13.9. The van der Waals surface area contributed by atoms with Crippen LogP contribution in [0.25, 0.3) is 0 Å². The first-order valence-corrected chi connectivity index (χ1v) is 6.50. The van der Waals surface area contributed by atoms with Crippen molar-refractivity contribution < 1.29 is 9.47 Å². The van der Waals surface area contributed by atoms with Gasteiger partial charge in [0.1, 0.15) is 6.61 Å². The van der Waals surface area contributed by atoms with Gasteiger partial charge in [-0.3, -0.25) is 0 Å². The third-order valence-corrected chi connectivity index (χ3v) is 2.45. The Hall–Kier alpha value is -1.28. The van der Waals surface area contributed by atoms with E-state index in [-0.39, 0.29) is 0 Å². The first-order chi connectivity index (χ1) is 8.65. The second-order valence-corrected chi connectivity index (χ2v) is 4.05. The van der Waals surface area contributed by atoms with Crippen molar-refractivity contribution in [2.24, 2.45) is 0 Å². The van der Waals surface area contributed by atoms with Crippen LogP contribution in [0.2, 0.25) is 0 Å². The normalized spacial score (nSPS) is 13.7. The number of rotatable bonds is 9. The van der Waals surface area contributed by atoms with Crippen molar-refractivity contribution in [3.8, 4) is 0 Å². The van der Waals surface area contributed by atoms with Crippen LogP contribution in [0, 0.1) is 0 Å². The lowest BCUT2D eigenvalue weighted by molar-refractivity contribution is 0.0765. The summed E-state index contributed by atoms with van der Waals surface area (Å²) in [5.41, 5.74) is 2.33. The molecule has 0 aliphatic rings. The Bertz CT molecular complexity index is 322. The fourth-order valence-electron chi connectivity index (χ4n) is 1.36. The summed E-state index contributed by atoms with van der Waals surface area (Å²) in [7, 11) is 0. The van der Waals surface area contributed by atoms with Gasteiger partial charge in [-0.1, -0.05) is 31.7 Å². The minimum atomic E-state index is 0.596. The Labute approximate surface area is 112 Å². The second-order valence-electron chi connectivity index (χ2n) is 4.05. The smallest absolute Gasteiger partial charge is 0.111 e. The highest BCUT2D eigenvalue weighted by Gasteiger charge is 1.97. The number of hydrogen-bond acceptors (Lipinski definition) is 2. The molecule has 0 heterocycles. The summed E-state index contributed by atoms with van der Waals surface area (Å²) in [4.78, 5) is 0. The van der Waals surface area contributed by atoms with Gasteiger partial charge in [0.25, 0.3) is 0 Å². The predicted molar refractivity (Wildman–Crippen MR) is 78.5 cm³/mol. The second kappa shape index (κ2) is 10.8. The van der Waals surface area contributed by atoms with E-state index in [4.69, 9.17) is 9.47 Å². The van der Waals surface area contributed by atoms with E-state index >= 15 is 0 Å². The first-order valence-electron chi connectivity index (χ1n) is 6.50. The molecule has 0 spiro atoms. The monoisotopic (exact) mass is 250 g/mol. The Kier molecular flexibility index (Phi) is 10.1. The van der Waals surface area contributed by atoms with E-state index in [2.05, 4.69) is 26.5 Å². The molecule has 0 aliphatic carbocycles. The summed E-state index contributed by atoms with van der Waals surface area (Å²) in [5, 5.41) is 0. The van der Waals surface area contributed by atoms with Crippen LogP contribution in [0.1, 0.15) is 34.1 Å². The summed E-state index contributed by atoms with van der Waals surface area (Å²) in [6, 6.07) is 0. The highest BCUT2D eigenvalue weighted by molar-refractivity contribution is 5.40. The zero-order valence-electron chi connectivity index (χ0n) is 12.2. The van der Waals surface area contributed by atoms with Gasteiger partial charge in [-0.05, 0) is 44.4 Å². The predicted octanol–water partition coefficient (Wildman–Crippen LogP) is 4.41. The zero-order valence-corrected chi connectivity index (χ0v) is 12.2. The molecule has 2 nitrogen and oxygen atoms in total. The molecule has 0 N–H and O–H groups in total. The van der Waals surface area contributed by atoms with Gasteiger partial charge in [-0.15, -0.1) is 0 Å². The third-order valence-electron chi connectivity index (χ3n) is 2.45. The molecule has 0 unspecified atom stereocenters. The molecule has 0 saturated carbocycles. The maximum absolute atomic E-state index is 5.59. The molecule has 0 aromatic carbocycles. The zero-order chi connectivity index (χ0) is 13.8. The van der Waals surface area contributed by atoms with E-state index in [1.165, 1.54) is 5.57 Å². The lowest BCUT2D eigenvalue weighted by Crippen LogP contribution is -2.04. The fourth-order valence-corrected chi connectivity index (χ4v) is 1.36. The minimum absolute atomic E-state index is 0.596. The van der Waals surface area contributed by atoms with Gasteiger partial charge in [0.2, 0.25) is 0 Å². The van der Waals surface area contributed by atoms with E-state index in [1.54, 1.807) is 6.08 Å². The van der Waals surface area contributed by atoms with Crippen molar-refractivity contribution in [1.29, 1.82) is 0 Å². The highest BCUT2D eigenvalue weighted by Crippen LogP contribution is 2.13. The molecular formula is C16H26O2. The fraction of sp³-hybridized carbons (Fsp3) is 0.500. The molecule has 0 amide bonds. The number of allylic oxidation sites excluding steroid dienone is 7. The van der Waals surface area contributed by atoms with Crippen molar-refractivity contribution >= 4 is 0 Å². The first kappa shape index (κ1) is 16.7. The van der Waals surface area contributed by atoms with Gasteiger partial charge in [-0.25, -0.2) is 0 Å². The molecule has 0 bridgehead atoms. The van der Waals surface area contributed by atoms with Crippen LogP contribution in [0.5, 0.6) is 0 Å². The van der Waals surface area contributed by atoms with Gasteiger partial charge in [0.15, 0.2) is 0 Å². The Morgan fingerprint density at radius 2 is 1.89 bits per heavy atom. The average molecular weight is 250 g/mol. The maximum Gasteiger partial charge on any atom is 0.111 e. The van der Waals surface area contributed by atoms with E-state index in [9.17, 15) is 0 Å². The summed E-state index contributed by atoms with van der Waals surface area (Å²) >= 11 is 0. The van der Waals surface area contributed by atoms with Crippen LogP contribution < -0.4 is 0 Å². The summed E-state index contributed by atoms with van der Waals surface area (Å²) < 4.78 is 11.0. The molecule has 0 rings (SSSR count). The molecule has 0 aliphatic heterocycles. The number of ether oxygens (including phenoxy) is 2. The maximum atomic E-state index is 5.59. The topological polar surface area (TPSA) is 18.5 Å². The lowest BCUT2D eigenvalue weighted by Gasteiger charge is -2.08. The van der Waals surface area contributed by atoms with Crippen molar-refractivity contribution in [2.75, 3.05) is 19.8 Å². The van der Waals surface area contributed by atoms with Crippen molar-refractivity contribution in [3.05, 3.63) is 47.8 Å². The van der Waals surface area contributed by atoms with Gasteiger partial charge >= 0.3 is 0 Å². The van der Waals surface area contributed by atoms with Gasteiger partial charge in [0, 0.05) is 6.61 Å². The standard InChI is InChI=1S/C16H26O2/c1-6-9-16(14(4)8-3)13-15(5)18-12-11-17-10-7-2/h6,8-9,13H,1,7,10-12H2,2-5H3/b14-8+,15-13+,16-9+. The van der Waals surface area contributed by atoms with Crippen LogP contribution in [-0.4, -0.2) is 19.8 Å². The summed E-state index contributed by atoms with van der Waals surface area (Å²) in [6.07, 6.45) is 8.91. The molecule has 102 valence electrons. The van der Waals surface area contributed by atoms with E-state index in [0.717, 1.165) is 24.4 Å². The lowest BCUT2D eigenvalue weighted by atomic mass is 10.1. The minimum Gasteiger partial charge on any atom is -0.496 e. The van der Waals surface area contributed by atoms with Crippen molar-refractivity contribution in [1.82, 2.24) is 0 Å². The molecule has 2 heteroatoms. The highest BCUT2D eigenvalue weighted by atomic mass is 16.5. The van der Waals surface area contributed by atoms with Gasteiger partial charge in [0.05, 0.1) is 12.4 Å². The van der Waals surface area contributed by atoms with E-state index in [0.29, 0.717) is 13.2 Å². The van der Waals surface area contributed by atoms with Gasteiger partial charge < -0.3 is 9.47 Å². The molecule has 0 radical (unpaired) electrons. The van der Waals surface area contributed by atoms with Crippen LogP contribution in [-0.2, 0) is 9.47 Å². The van der Waals surface area contributed by atoms with Crippen LogP contribution in [0.15, 0.2) is 47.8 Å². The molecule has 0 fully saturated rings. The molecule has 0 saturated heterocycles. The van der Waals surface area contributed by atoms with Crippen LogP contribution in [0.4, 0.5) is 0 Å². The number of hydrogen-bond donors (Lipinski definition) is 0. The van der Waals surface area contributed by atoms with Crippen molar-refractivity contribution in [3.63, 3.8) is 0 Å². The Balaban J connectivity index is 4.28. The Morgan fingerprint density at radius 3 is 2.44 bits per heavy atom. The van der Waals surface area contributed by atoms with Crippen LogP contribution in [0.3, 0.4) is 0 Å². The average Bonchev–Trinajstić information content (AvgIpc) is 2.37.